The van der Waals surface area contributed by atoms with Gasteiger partial charge in [-0.05, 0) is 30.9 Å². The lowest BCUT2D eigenvalue weighted by Gasteiger charge is -2.23. The van der Waals surface area contributed by atoms with Gasteiger partial charge in [-0.1, -0.05) is 24.3 Å². The monoisotopic (exact) mass is 371 g/mol. The molecular formula is C20H21NO4S. The minimum absolute atomic E-state index is 0.0206. The van der Waals surface area contributed by atoms with Crippen molar-refractivity contribution in [2.45, 2.75) is 32.4 Å². The Kier molecular flexibility index (Phi) is 4.44. The zero-order valence-corrected chi connectivity index (χ0v) is 15.6. The summed E-state index contributed by atoms with van der Waals surface area (Å²) in [5.74, 6) is 0.0658. The van der Waals surface area contributed by atoms with Crippen LogP contribution >= 0.6 is 11.3 Å². The van der Waals surface area contributed by atoms with Crippen molar-refractivity contribution in [3.63, 3.8) is 0 Å². The lowest BCUT2D eigenvalue weighted by Crippen LogP contribution is -2.33. The molecule has 5 nitrogen and oxygen atoms in total. The van der Waals surface area contributed by atoms with Crippen LogP contribution in [0.25, 0.3) is 0 Å². The first-order valence-corrected chi connectivity index (χ1v) is 9.72. The molecule has 1 aromatic carbocycles. The van der Waals surface area contributed by atoms with E-state index in [1.165, 1.54) is 0 Å². The number of carbonyl (C=O) groups excluding carboxylic acids is 2. The van der Waals surface area contributed by atoms with Crippen molar-refractivity contribution in [3.8, 4) is 5.75 Å². The molecule has 2 aliphatic rings. The molecule has 2 aromatic rings. The maximum absolute atomic E-state index is 13.0. The number of esters is 1. The largest absolute Gasteiger partial charge is 0.486 e. The number of para-hydroxylation sites is 1. The molecule has 3 atom stereocenters. The average molecular weight is 371 g/mol. The van der Waals surface area contributed by atoms with E-state index in [4.69, 9.17) is 9.47 Å². The fourth-order valence-electron chi connectivity index (χ4n) is 3.90. The Balaban J connectivity index is 1.67. The van der Waals surface area contributed by atoms with Crippen LogP contribution in [0, 0.1) is 12.8 Å². The van der Waals surface area contributed by atoms with Gasteiger partial charge in [0.2, 0.25) is 5.91 Å². The number of carbonyl (C=O) groups is 2. The molecule has 26 heavy (non-hydrogen) atoms. The van der Waals surface area contributed by atoms with Gasteiger partial charge < -0.3 is 14.4 Å². The van der Waals surface area contributed by atoms with Crippen LogP contribution < -0.4 is 4.74 Å². The van der Waals surface area contributed by atoms with Gasteiger partial charge in [0.05, 0.1) is 19.1 Å². The molecule has 136 valence electrons. The van der Waals surface area contributed by atoms with E-state index in [2.05, 4.69) is 0 Å². The second kappa shape index (κ2) is 6.76. The van der Waals surface area contributed by atoms with Crippen molar-refractivity contribution in [2.24, 2.45) is 5.92 Å². The third-order valence-electron chi connectivity index (χ3n) is 5.07. The highest BCUT2D eigenvalue weighted by Gasteiger charge is 2.54. The number of hydrogen-bond acceptors (Lipinski definition) is 5. The second-order valence-electron chi connectivity index (χ2n) is 6.68. The topological polar surface area (TPSA) is 55.8 Å². The molecule has 0 bridgehead atoms. The van der Waals surface area contributed by atoms with Crippen LogP contribution in [0.2, 0.25) is 0 Å². The highest BCUT2D eigenvalue weighted by Crippen LogP contribution is 2.49. The molecule has 0 aliphatic carbocycles. The number of benzene rings is 1. The Bertz CT molecular complexity index is 832. The van der Waals surface area contributed by atoms with E-state index in [0.717, 1.165) is 21.8 Å². The first-order chi connectivity index (χ1) is 12.6. The van der Waals surface area contributed by atoms with Gasteiger partial charge in [-0.25, -0.2) is 0 Å². The van der Waals surface area contributed by atoms with E-state index in [0.29, 0.717) is 19.6 Å². The van der Waals surface area contributed by atoms with Crippen molar-refractivity contribution in [2.75, 3.05) is 13.2 Å². The molecule has 1 fully saturated rings. The van der Waals surface area contributed by atoms with E-state index in [-0.39, 0.29) is 24.0 Å². The summed E-state index contributed by atoms with van der Waals surface area (Å²) in [6.45, 7) is 4.43. The Labute approximate surface area is 156 Å². The Morgan fingerprint density at radius 3 is 2.88 bits per heavy atom. The molecule has 1 amide bonds. The lowest BCUT2D eigenvalue weighted by molar-refractivity contribution is -0.149. The summed E-state index contributed by atoms with van der Waals surface area (Å²) in [7, 11) is 0. The number of rotatable bonds is 4. The fraction of sp³-hybridized carbons (Fsp3) is 0.400. The third kappa shape index (κ3) is 2.78. The first kappa shape index (κ1) is 17.1. The number of aryl methyl sites for hydroxylation is 1. The Hall–Kier alpha value is -2.34. The highest BCUT2D eigenvalue weighted by molar-refractivity contribution is 7.10. The normalized spacial score (nSPS) is 23.3. The standard InChI is InChI=1S/C20H21NO4S/c1-3-24-20(23)15-11-21(16(22)10-13-7-5-9-26-13)17-14-8-4-6-12(2)18(14)25-19(15)17/h4-9,15,17,19H,3,10-11H2,1-2H3/t15-,17+,19+/m1/s1. The van der Waals surface area contributed by atoms with Crippen LogP contribution in [0.4, 0.5) is 0 Å². The third-order valence-corrected chi connectivity index (χ3v) is 5.94. The van der Waals surface area contributed by atoms with Crippen LogP contribution in [0.3, 0.4) is 0 Å². The number of ether oxygens (including phenoxy) is 2. The van der Waals surface area contributed by atoms with E-state index in [9.17, 15) is 9.59 Å². The number of amides is 1. The molecular weight excluding hydrogens is 350 g/mol. The summed E-state index contributed by atoms with van der Waals surface area (Å²) < 4.78 is 11.4. The molecule has 0 saturated carbocycles. The predicted octanol–water partition coefficient (Wildman–Crippen LogP) is 3.12. The van der Waals surface area contributed by atoms with E-state index in [1.54, 1.807) is 23.2 Å². The fourth-order valence-corrected chi connectivity index (χ4v) is 4.60. The Morgan fingerprint density at radius 2 is 2.15 bits per heavy atom. The lowest BCUT2D eigenvalue weighted by atomic mass is 9.98. The molecule has 0 spiro atoms. The molecule has 1 aromatic heterocycles. The van der Waals surface area contributed by atoms with Gasteiger partial charge in [-0.2, -0.15) is 0 Å². The molecule has 0 radical (unpaired) electrons. The average Bonchev–Trinajstić information content (AvgIpc) is 3.31. The number of likely N-dealkylation sites (tertiary alicyclic amines) is 1. The summed E-state index contributed by atoms with van der Waals surface area (Å²) in [5, 5.41) is 1.97. The molecule has 1 saturated heterocycles. The number of hydrogen-bond donors (Lipinski definition) is 0. The first-order valence-electron chi connectivity index (χ1n) is 8.84. The van der Waals surface area contributed by atoms with Gasteiger partial charge >= 0.3 is 5.97 Å². The van der Waals surface area contributed by atoms with Crippen molar-refractivity contribution in [1.82, 2.24) is 4.90 Å². The van der Waals surface area contributed by atoms with Gasteiger partial charge in [-0.3, -0.25) is 9.59 Å². The van der Waals surface area contributed by atoms with Crippen molar-refractivity contribution < 1.29 is 19.1 Å². The summed E-state index contributed by atoms with van der Waals surface area (Å²) in [4.78, 5) is 28.3. The van der Waals surface area contributed by atoms with E-state index in [1.807, 2.05) is 42.6 Å². The van der Waals surface area contributed by atoms with Gasteiger partial charge in [0.25, 0.3) is 0 Å². The summed E-state index contributed by atoms with van der Waals surface area (Å²) in [5.41, 5.74) is 2.01. The predicted molar refractivity (Wildman–Crippen MR) is 98.2 cm³/mol. The summed E-state index contributed by atoms with van der Waals surface area (Å²) in [6, 6.07) is 9.62. The van der Waals surface area contributed by atoms with Crippen LogP contribution in [-0.2, 0) is 20.7 Å². The number of thiophene rings is 1. The molecule has 6 heteroatoms. The van der Waals surface area contributed by atoms with Crippen molar-refractivity contribution in [3.05, 3.63) is 51.7 Å². The molecule has 2 aliphatic heterocycles. The molecule has 0 unspecified atom stereocenters. The summed E-state index contributed by atoms with van der Waals surface area (Å²) in [6.07, 6.45) is -0.0326. The van der Waals surface area contributed by atoms with E-state index >= 15 is 0 Å². The quantitative estimate of drug-likeness (QED) is 0.775. The SMILES string of the molecule is CCOC(=O)[C@@H]1CN(C(=O)Cc2cccs2)[C@H]2c3cccc(C)c3O[C@@H]12. The highest BCUT2D eigenvalue weighted by atomic mass is 32.1. The van der Waals surface area contributed by atoms with Crippen LogP contribution in [0.5, 0.6) is 5.75 Å². The van der Waals surface area contributed by atoms with Crippen LogP contribution in [-0.4, -0.2) is 36.0 Å². The smallest absolute Gasteiger partial charge is 0.314 e. The second-order valence-corrected chi connectivity index (χ2v) is 7.71. The van der Waals surface area contributed by atoms with E-state index < -0.39 is 5.92 Å². The molecule has 3 heterocycles. The summed E-state index contributed by atoms with van der Waals surface area (Å²) >= 11 is 1.57. The van der Waals surface area contributed by atoms with Crippen LogP contribution in [0.1, 0.15) is 29.0 Å². The maximum Gasteiger partial charge on any atom is 0.314 e. The Morgan fingerprint density at radius 1 is 1.31 bits per heavy atom. The maximum atomic E-state index is 13.0. The van der Waals surface area contributed by atoms with Gasteiger partial charge in [0, 0.05) is 17.0 Å². The van der Waals surface area contributed by atoms with Crippen molar-refractivity contribution in [1.29, 1.82) is 0 Å². The van der Waals surface area contributed by atoms with Gasteiger partial charge in [0.15, 0.2) is 0 Å². The van der Waals surface area contributed by atoms with Crippen LogP contribution in [0.15, 0.2) is 35.7 Å². The molecule has 4 rings (SSSR count). The number of fused-ring (bicyclic) bond motifs is 3. The minimum atomic E-state index is -0.459. The van der Waals surface area contributed by atoms with Gasteiger partial charge in [0.1, 0.15) is 17.8 Å². The van der Waals surface area contributed by atoms with Gasteiger partial charge in [-0.15, -0.1) is 11.3 Å². The number of nitrogens with zero attached hydrogens (tertiary/aromatic N) is 1. The van der Waals surface area contributed by atoms with Crippen molar-refractivity contribution >= 4 is 23.2 Å². The zero-order valence-electron chi connectivity index (χ0n) is 14.8. The molecule has 0 N–H and O–H groups in total. The minimum Gasteiger partial charge on any atom is -0.486 e. The zero-order chi connectivity index (χ0) is 18.3.